The van der Waals surface area contributed by atoms with Crippen molar-refractivity contribution in [3.63, 3.8) is 0 Å². The molecule has 0 atom stereocenters. The quantitative estimate of drug-likeness (QED) is 0.559. The highest BCUT2D eigenvalue weighted by atomic mass is 28.2. The number of rotatable bonds is 3. The lowest BCUT2D eigenvalue weighted by Gasteiger charge is -2.30. The third-order valence-corrected chi connectivity index (χ3v) is 1.47. The molecule has 0 aromatic rings. The average molecular weight is 204 g/mol. The molecule has 0 aromatic heterocycles. The third-order valence-electron chi connectivity index (χ3n) is 1.03. The van der Waals surface area contributed by atoms with Gasteiger partial charge in [0.2, 0.25) is 0 Å². The Morgan fingerprint density at radius 2 is 1.23 bits per heavy atom. The molecule has 3 nitrogen and oxygen atoms in total. The predicted molar refractivity (Wildman–Crippen MR) is 53.4 cm³/mol. The van der Waals surface area contributed by atoms with Gasteiger partial charge in [-0.15, -0.1) is 0 Å². The van der Waals surface area contributed by atoms with Crippen molar-refractivity contribution in [1.29, 1.82) is 0 Å². The van der Waals surface area contributed by atoms with Crippen molar-refractivity contribution < 1.29 is 14.3 Å². The minimum atomic E-state index is -0.514. The summed E-state index contributed by atoms with van der Waals surface area (Å²) in [5.41, 5.74) is -0.572. The summed E-state index contributed by atoms with van der Waals surface area (Å²) in [4.78, 5) is 9.03. The second-order valence-corrected chi connectivity index (χ2v) is 5.65. The lowest BCUT2D eigenvalue weighted by molar-refractivity contribution is -0.197. The molecule has 0 aliphatic heterocycles. The van der Waals surface area contributed by atoms with E-state index in [2.05, 4.69) is 0 Å². The van der Waals surface area contributed by atoms with Gasteiger partial charge in [0.05, 0.1) is 11.2 Å². The molecule has 0 unspecified atom stereocenters. The van der Waals surface area contributed by atoms with Crippen LogP contribution in [-0.2, 0) is 9.47 Å². The third kappa shape index (κ3) is 8.43. The van der Waals surface area contributed by atoms with Crippen LogP contribution in [0.1, 0.15) is 41.5 Å². The van der Waals surface area contributed by atoms with Gasteiger partial charge in [0.1, 0.15) is 0 Å². The zero-order valence-electron chi connectivity index (χ0n) is 9.34. The fourth-order valence-corrected chi connectivity index (χ4v) is 1.53. The molecular weight excluding hydrogens is 184 g/mol. The summed E-state index contributed by atoms with van der Waals surface area (Å²) in [5, 5.41) is 0. The maximum atomic E-state index is 9.03. The maximum absolute atomic E-state index is 9.03. The summed E-state index contributed by atoms with van der Waals surface area (Å²) in [6.45, 7) is 11.6. The largest absolute Gasteiger partial charge is 0.428 e. The van der Waals surface area contributed by atoms with Crippen molar-refractivity contribution in [2.24, 2.45) is 0 Å². The summed E-state index contributed by atoms with van der Waals surface area (Å²) in [6, 6.07) is 0. The van der Waals surface area contributed by atoms with E-state index < -0.39 is 5.91 Å². The Bertz CT molecular complexity index is 130. The van der Waals surface area contributed by atoms with Gasteiger partial charge in [-0.1, -0.05) is 0 Å². The number of hydrogen-bond donors (Lipinski definition) is 1. The van der Waals surface area contributed by atoms with Crippen LogP contribution < -0.4 is 0 Å². The number of hydrogen-bond acceptors (Lipinski definition) is 3. The van der Waals surface area contributed by atoms with Crippen LogP contribution in [0.25, 0.3) is 0 Å². The molecule has 0 saturated heterocycles. The molecule has 0 aromatic carbocycles. The Labute approximate surface area is 83.4 Å². The fourth-order valence-electron chi connectivity index (χ4n) is 0.719. The average Bonchev–Trinajstić information content (AvgIpc) is 1.79. The first-order valence-electron chi connectivity index (χ1n) is 4.39. The molecular formula is C9H20O3Si. The van der Waals surface area contributed by atoms with Crippen LogP contribution in [0.2, 0.25) is 0 Å². The second-order valence-electron chi connectivity index (χ2n) is 4.92. The Kier molecular flexibility index (Phi) is 4.58. The van der Waals surface area contributed by atoms with Crippen LogP contribution in [0.15, 0.2) is 0 Å². The lowest BCUT2D eigenvalue weighted by Crippen LogP contribution is -2.38. The minimum absolute atomic E-state index is 0.286. The molecule has 13 heavy (non-hydrogen) atoms. The van der Waals surface area contributed by atoms with E-state index in [0.29, 0.717) is 0 Å². The smallest absolute Gasteiger partial charge is 0.295 e. The summed E-state index contributed by atoms with van der Waals surface area (Å²) in [6.07, 6.45) is 0. The van der Waals surface area contributed by atoms with Crippen LogP contribution in [0.5, 0.6) is 0 Å². The summed E-state index contributed by atoms with van der Waals surface area (Å²) in [7, 11) is -0.348. The van der Waals surface area contributed by atoms with Gasteiger partial charge >= 0.3 is 0 Å². The Morgan fingerprint density at radius 3 is 1.38 bits per heavy atom. The molecule has 0 spiro atoms. The summed E-state index contributed by atoms with van der Waals surface area (Å²) in [5.74, 6) is -0.514. The lowest BCUT2D eigenvalue weighted by atomic mass is 10.2. The van der Waals surface area contributed by atoms with Gasteiger partial charge in [-0.3, -0.25) is 0 Å². The van der Waals surface area contributed by atoms with Crippen LogP contribution in [0, 0.1) is 0 Å². The molecule has 2 radical (unpaired) electrons. The highest BCUT2D eigenvalue weighted by Crippen LogP contribution is 2.16. The molecule has 4 heteroatoms. The van der Waals surface area contributed by atoms with Crippen molar-refractivity contribution in [1.82, 2.24) is 0 Å². The van der Waals surface area contributed by atoms with E-state index in [-0.39, 0.29) is 21.0 Å². The zero-order valence-corrected chi connectivity index (χ0v) is 10.3. The van der Waals surface area contributed by atoms with E-state index >= 15 is 0 Å². The normalized spacial score (nSPS) is 13.8. The van der Waals surface area contributed by atoms with Crippen molar-refractivity contribution in [2.75, 3.05) is 0 Å². The summed E-state index contributed by atoms with van der Waals surface area (Å²) < 4.78 is 11.0. The maximum Gasteiger partial charge on any atom is 0.295 e. The standard InChI is InChI=1S/C9H20O3Si/c1-8(2,3)11-7(13-10)12-9(4,5)6/h7,10H,1-6H3. The SMILES string of the molecule is CC(C)(C)OC(OC(C)(C)C)[Si]O. The molecule has 0 saturated carbocycles. The van der Waals surface area contributed by atoms with Crippen LogP contribution >= 0.6 is 0 Å². The van der Waals surface area contributed by atoms with Crippen molar-refractivity contribution in [2.45, 2.75) is 58.7 Å². The molecule has 0 heterocycles. The van der Waals surface area contributed by atoms with E-state index in [1.54, 1.807) is 0 Å². The highest BCUT2D eigenvalue weighted by molar-refractivity contribution is 6.26. The van der Waals surface area contributed by atoms with E-state index in [4.69, 9.17) is 14.3 Å². The zero-order chi connectivity index (χ0) is 10.7. The fraction of sp³-hybridized carbons (Fsp3) is 1.00. The van der Waals surface area contributed by atoms with E-state index in [9.17, 15) is 0 Å². The molecule has 0 aliphatic rings. The Morgan fingerprint density at radius 1 is 0.923 bits per heavy atom. The molecule has 78 valence electrons. The topological polar surface area (TPSA) is 38.7 Å². The van der Waals surface area contributed by atoms with Gasteiger partial charge in [-0.2, -0.15) is 0 Å². The van der Waals surface area contributed by atoms with Crippen molar-refractivity contribution in [3.8, 4) is 0 Å². The van der Waals surface area contributed by atoms with E-state index in [1.165, 1.54) is 0 Å². The molecule has 0 bridgehead atoms. The van der Waals surface area contributed by atoms with Gasteiger partial charge in [0, 0.05) is 0 Å². The molecule has 1 N–H and O–H groups in total. The predicted octanol–water partition coefficient (Wildman–Crippen LogP) is 1.51. The second kappa shape index (κ2) is 4.55. The first kappa shape index (κ1) is 13.1. The van der Waals surface area contributed by atoms with E-state index in [1.807, 2.05) is 41.5 Å². The van der Waals surface area contributed by atoms with Crippen LogP contribution in [-0.4, -0.2) is 31.7 Å². The van der Waals surface area contributed by atoms with Gasteiger partial charge in [0.25, 0.3) is 9.76 Å². The van der Waals surface area contributed by atoms with Gasteiger partial charge in [-0.25, -0.2) is 0 Å². The molecule has 0 fully saturated rings. The van der Waals surface area contributed by atoms with E-state index in [0.717, 1.165) is 0 Å². The number of ether oxygens (including phenoxy) is 2. The van der Waals surface area contributed by atoms with Gasteiger partial charge in [-0.05, 0) is 41.5 Å². The first-order valence-corrected chi connectivity index (χ1v) is 5.42. The van der Waals surface area contributed by atoms with Gasteiger partial charge in [0.15, 0.2) is 5.91 Å². The highest BCUT2D eigenvalue weighted by Gasteiger charge is 2.24. The van der Waals surface area contributed by atoms with Gasteiger partial charge < -0.3 is 14.3 Å². The molecule has 0 rings (SSSR count). The Balaban J connectivity index is 4.05. The molecule has 0 amide bonds. The van der Waals surface area contributed by atoms with Crippen molar-refractivity contribution in [3.05, 3.63) is 0 Å². The van der Waals surface area contributed by atoms with Crippen molar-refractivity contribution >= 4 is 9.76 Å². The summed E-state index contributed by atoms with van der Waals surface area (Å²) >= 11 is 0. The first-order chi connectivity index (χ1) is 5.64. The van der Waals surface area contributed by atoms with Crippen LogP contribution in [0.3, 0.4) is 0 Å². The molecule has 0 aliphatic carbocycles. The Hall–Kier alpha value is 0.0969. The minimum Gasteiger partial charge on any atom is -0.428 e. The monoisotopic (exact) mass is 204 g/mol. The van der Waals surface area contributed by atoms with Crippen LogP contribution in [0.4, 0.5) is 0 Å².